The third-order valence-corrected chi connectivity index (χ3v) is 9.83. The molecule has 1 aliphatic carbocycles. The van der Waals surface area contributed by atoms with Crippen molar-refractivity contribution in [3.63, 3.8) is 0 Å². The molecule has 2 aliphatic heterocycles. The molecule has 254 valence electrons. The summed E-state index contributed by atoms with van der Waals surface area (Å²) >= 11 is 0. The average Bonchev–Trinajstić information content (AvgIpc) is 3.34. The van der Waals surface area contributed by atoms with E-state index in [0.29, 0.717) is 19.1 Å². The van der Waals surface area contributed by atoms with Crippen LogP contribution in [0.3, 0.4) is 0 Å². The molecule has 0 aromatic carbocycles. The van der Waals surface area contributed by atoms with Crippen molar-refractivity contribution in [3.05, 3.63) is 66.0 Å². The lowest BCUT2D eigenvalue weighted by Crippen LogP contribution is -2.53. The van der Waals surface area contributed by atoms with Gasteiger partial charge < -0.3 is 24.6 Å². The van der Waals surface area contributed by atoms with E-state index in [9.17, 15) is 19.8 Å². The van der Waals surface area contributed by atoms with Gasteiger partial charge in [-0.05, 0) is 63.3 Å². The Labute approximate surface area is 275 Å². The van der Waals surface area contributed by atoms with Crippen LogP contribution >= 0.6 is 0 Å². The number of esters is 1. The van der Waals surface area contributed by atoms with Crippen molar-refractivity contribution in [2.24, 2.45) is 5.92 Å². The van der Waals surface area contributed by atoms with Crippen LogP contribution in [-0.2, 0) is 14.3 Å². The van der Waals surface area contributed by atoms with Crippen molar-refractivity contribution >= 4 is 12.1 Å². The highest BCUT2D eigenvalue weighted by Gasteiger charge is 2.37. The van der Waals surface area contributed by atoms with E-state index in [0.717, 1.165) is 24.4 Å². The van der Waals surface area contributed by atoms with E-state index in [-0.39, 0.29) is 31.1 Å². The van der Waals surface area contributed by atoms with E-state index in [1.807, 2.05) is 56.4 Å². The predicted octanol–water partition coefficient (Wildman–Crippen LogP) is 5.93. The van der Waals surface area contributed by atoms with Gasteiger partial charge in [0.2, 0.25) is 0 Å². The van der Waals surface area contributed by atoms with Gasteiger partial charge in [0.1, 0.15) is 11.7 Å². The van der Waals surface area contributed by atoms with E-state index in [4.69, 9.17) is 9.47 Å². The zero-order valence-corrected chi connectivity index (χ0v) is 28.2. The summed E-state index contributed by atoms with van der Waals surface area (Å²) in [7, 11) is 0. The van der Waals surface area contributed by atoms with E-state index < -0.39 is 36.0 Å². The predicted molar refractivity (Wildman–Crippen MR) is 179 cm³/mol. The summed E-state index contributed by atoms with van der Waals surface area (Å²) < 4.78 is 11.9. The molecule has 1 saturated heterocycles. The molecule has 2 fully saturated rings. The van der Waals surface area contributed by atoms with Gasteiger partial charge in [0.05, 0.1) is 12.5 Å². The Kier molecular flexibility index (Phi) is 13.4. The Hall–Kier alpha value is -3.01. The molecular weight excluding hydrogens is 582 g/mol. The van der Waals surface area contributed by atoms with Crippen molar-refractivity contribution < 1.29 is 29.3 Å². The van der Waals surface area contributed by atoms with E-state index >= 15 is 0 Å². The molecule has 0 radical (unpaired) electrons. The second-order valence-corrected chi connectivity index (χ2v) is 13.7. The summed E-state index contributed by atoms with van der Waals surface area (Å²) in [5.74, 6) is -0.685. The summed E-state index contributed by atoms with van der Waals surface area (Å²) in [6.07, 6.45) is 16.0. The second-order valence-electron chi connectivity index (χ2n) is 13.7. The number of pyridine rings is 1. The second kappa shape index (κ2) is 17.2. The monoisotopic (exact) mass is 637 g/mol. The highest BCUT2D eigenvalue weighted by atomic mass is 16.6. The number of allylic oxidation sites excluding steroid dienone is 3. The van der Waals surface area contributed by atoms with Crippen LogP contribution in [0.5, 0.6) is 0 Å². The van der Waals surface area contributed by atoms with E-state index in [1.54, 1.807) is 24.1 Å². The normalized spacial score (nSPS) is 30.6. The smallest absolute Gasteiger partial charge is 0.410 e. The molecule has 2 N–H and O–H groups in total. The minimum absolute atomic E-state index is 0.106. The van der Waals surface area contributed by atoms with E-state index in [1.165, 1.54) is 38.5 Å². The minimum Gasteiger partial charge on any atom is -0.457 e. The Morgan fingerprint density at radius 3 is 2.50 bits per heavy atom. The Bertz CT molecular complexity index is 1200. The zero-order chi connectivity index (χ0) is 33.1. The minimum atomic E-state index is -1.44. The van der Waals surface area contributed by atoms with Crippen LogP contribution in [0.1, 0.15) is 97.1 Å². The number of ether oxygens (including phenoxy) is 2. The summed E-state index contributed by atoms with van der Waals surface area (Å²) in [5, 5.41) is 22.1. The largest absolute Gasteiger partial charge is 0.457 e. The van der Waals surface area contributed by atoms with Crippen molar-refractivity contribution in [1.82, 2.24) is 14.8 Å². The zero-order valence-electron chi connectivity index (χ0n) is 28.2. The molecule has 6 unspecified atom stereocenters. The van der Waals surface area contributed by atoms with Gasteiger partial charge in [0.15, 0.2) is 6.10 Å². The fourth-order valence-corrected chi connectivity index (χ4v) is 6.74. The number of rotatable bonds is 6. The van der Waals surface area contributed by atoms with Gasteiger partial charge >= 0.3 is 12.1 Å². The molecule has 1 saturated carbocycles. The number of amides is 1. The van der Waals surface area contributed by atoms with Gasteiger partial charge in [-0.1, -0.05) is 69.9 Å². The van der Waals surface area contributed by atoms with Gasteiger partial charge in [-0.25, -0.2) is 4.79 Å². The van der Waals surface area contributed by atoms with Crippen LogP contribution in [0, 0.1) is 5.92 Å². The maximum absolute atomic E-state index is 13.4. The van der Waals surface area contributed by atoms with Crippen LogP contribution < -0.4 is 0 Å². The summed E-state index contributed by atoms with van der Waals surface area (Å²) in [5.41, 5.74) is 0.345. The lowest BCUT2D eigenvalue weighted by atomic mass is 9.88. The average molecular weight is 638 g/mol. The maximum Gasteiger partial charge on any atom is 0.410 e. The van der Waals surface area contributed by atoms with Gasteiger partial charge in [0.25, 0.3) is 0 Å². The maximum atomic E-state index is 13.4. The highest BCUT2D eigenvalue weighted by Crippen LogP contribution is 2.28. The number of hydrogen-bond acceptors (Lipinski definition) is 8. The molecule has 6 atom stereocenters. The molecule has 3 heterocycles. The van der Waals surface area contributed by atoms with Crippen LogP contribution in [-0.4, -0.2) is 93.2 Å². The number of hydrogen-bond donors (Lipinski definition) is 2. The molecule has 46 heavy (non-hydrogen) atoms. The fraction of sp³-hybridized carbons (Fsp3) is 0.649. The molecule has 1 amide bonds. The van der Waals surface area contributed by atoms with E-state index in [2.05, 4.69) is 16.8 Å². The molecular formula is C37H55N3O6. The third kappa shape index (κ3) is 10.5. The van der Waals surface area contributed by atoms with Crippen molar-refractivity contribution in [2.75, 3.05) is 26.2 Å². The topological polar surface area (TPSA) is 112 Å². The van der Waals surface area contributed by atoms with Gasteiger partial charge in [-0.2, -0.15) is 0 Å². The Balaban J connectivity index is 1.45. The Morgan fingerprint density at radius 1 is 1.11 bits per heavy atom. The molecule has 1 aromatic rings. The number of aliphatic hydroxyl groups excluding tert-OH is 1. The summed E-state index contributed by atoms with van der Waals surface area (Å²) in [6.45, 7) is 10.4. The lowest BCUT2D eigenvalue weighted by molar-refractivity contribution is -0.151. The van der Waals surface area contributed by atoms with Crippen molar-refractivity contribution in [2.45, 2.75) is 121 Å². The molecule has 4 rings (SSSR count). The molecule has 0 spiro atoms. The SMILES string of the molecule is CC(=CC=CC(C)c1ccccn1)C1OC(=O)CC(O)CCC(C)(O)C(OC(=O)N2CCN(C3CCCCCC3)CC2)C=CC1C. The van der Waals surface area contributed by atoms with Gasteiger partial charge in [-0.3, -0.25) is 14.7 Å². The third-order valence-electron chi connectivity index (χ3n) is 9.83. The lowest BCUT2D eigenvalue weighted by Gasteiger charge is -2.40. The number of aliphatic hydroxyl groups is 2. The van der Waals surface area contributed by atoms with Crippen LogP contribution in [0.2, 0.25) is 0 Å². The Morgan fingerprint density at radius 2 is 1.83 bits per heavy atom. The molecule has 3 aliphatic rings. The number of cyclic esters (lactones) is 1. The first kappa shape index (κ1) is 35.8. The number of nitrogens with zero attached hydrogens (tertiary/aromatic N) is 3. The first-order chi connectivity index (χ1) is 22.0. The van der Waals surface area contributed by atoms with Gasteiger partial charge in [0, 0.05) is 55.9 Å². The van der Waals surface area contributed by atoms with Crippen molar-refractivity contribution in [1.29, 1.82) is 0 Å². The van der Waals surface area contributed by atoms with Crippen LogP contribution in [0.15, 0.2) is 60.3 Å². The van der Waals surface area contributed by atoms with Crippen LogP contribution in [0.25, 0.3) is 0 Å². The molecule has 9 nitrogen and oxygen atoms in total. The van der Waals surface area contributed by atoms with Gasteiger partial charge in [-0.15, -0.1) is 0 Å². The summed E-state index contributed by atoms with van der Waals surface area (Å²) in [6, 6.07) is 6.43. The number of aromatic nitrogens is 1. The fourth-order valence-electron chi connectivity index (χ4n) is 6.74. The highest BCUT2D eigenvalue weighted by molar-refractivity contribution is 5.70. The standard InChI is InChI=1S/C37H55N3O6/c1-27(32-16-9-10-21-38-32)12-11-13-28(2)35-29(3)17-18-33(37(4,44)20-19-31(41)26-34(42)46-35)45-36(43)40-24-22-39(23-25-40)30-14-7-5-6-8-15-30/h9-13,16-18,21,27,29-31,33,35,41,44H,5-8,14-15,19-20,22-26H2,1-4H3. The number of carbonyl (C=O) groups excluding carboxylic acids is 2. The first-order valence-electron chi connectivity index (χ1n) is 17.3. The number of piperazine rings is 1. The van der Waals surface area contributed by atoms with Crippen molar-refractivity contribution in [3.8, 4) is 0 Å². The summed E-state index contributed by atoms with van der Waals surface area (Å²) in [4.78, 5) is 34.9. The quantitative estimate of drug-likeness (QED) is 0.171. The van der Waals surface area contributed by atoms with Crippen LogP contribution in [0.4, 0.5) is 4.79 Å². The molecule has 0 bridgehead atoms. The molecule has 1 aromatic heterocycles. The number of carbonyl (C=O) groups is 2. The molecule has 9 heteroatoms. The first-order valence-corrected chi connectivity index (χ1v) is 17.3.